The largest absolute Gasteiger partial charge is 0.378 e. The zero-order valence-corrected chi connectivity index (χ0v) is 20.1. The molecule has 0 heterocycles. The van der Waals surface area contributed by atoms with Crippen LogP contribution in [0.5, 0.6) is 0 Å². The number of rotatable bonds is 10. The van der Waals surface area contributed by atoms with Crippen molar-refractivity contribution in [1.82, 2.24) is 5.32 Å². The standard InChI is InChI=1S/C23H29BrN2O4S/c1-18-7-13-22(14-8-18)31(28,29)26(20-11-9-19(24)10-12-20)17-23(27)25-15-4-16-30-21-5-2-3-6-21/h7-14,21H,2-6,15-17H2,1H3,(H,25,27). The molecular formula is C23H29BrN2O4S. The molecular weight excluding hydrogens is 480 g/mol. The second-order valence-electron chi connectivity index (χ2n) is 7.78. The van der Waals surface area contributed by atoms with Crippen molar-refractivity contribution < 1.29 is 17.9 Å². The number of nitrogens with zero attached hydrogens (tertiary/aromatic N) is 1. The number of ether oxygens (including phenoxy) is 1. The number of carbonyl (C=O) groups is 1. The third-order valence-corrected chi connectivity index (χ3v) is 7.63. The molecule has 8 heteroatoms. The summed E-state index contributed by atoms with van der Waals surface area (Å²) in [7, 11) is -3.89. The van der Waals surface area contributed by atoms with Crippen molar-refractivity contribution in [2.45, 2.75) is 50.0 Å². The van der Waals surface area contributed by atoms with Crippen molar-refractivity contribution in [2.24, 2.45) is 0 Å². The molecule has 0 unspecified atom stereocenters. The molecule has 0 spiro atoms. The molecule has 1 fully saturated rings. The lowest BCUT2D eigenvalue weighted by molar-refractivity contribution is -0.119. The predicted octanol–water partition coefficient (Wildman–Crippen LogP) is 4.42. The third-order valence-electron chi connectivity index (χ3n) is 5.31. The van der Waals surface area contributed by atoms with Gasteiger partial charge in [-0.3, -0.25) is 9.10 Å². The normalized spacial score (nSPS) is 14.5. The Balaban J connectivity index is 1.64. The Labute approximate surface area is 193 Å². The lowest BCUT2D eigenvalue weighted by Gasteiger charge is -2.24. The molecule has 2 aromatic carbocycles. The van der Waals surface area contributed by atoms with Gasteiger partial charge in [-0.1, -0.05) is 46.5 Å². The molecule has 0 atom stereocenters. The number of anilines is 1. The average Bonchev–Trinajstić information content (AvgIpc) is 3.26. The summed E-state index contributed by atoms with van der Waals surface area (Å²) >= 11 is 3.36. The summed E-state index contributed by atoms with van der Waals surface area (Å²) in [5, 5.41) is 2.82. The molecule has 168 valence electrons. The quantitative estimate of drug-likeness (QED) is 0.482. The number of benzene rings is 2. The minimum absolute atomic E-state index is 0.152. The highest BCUT2D eigenvalue weighted by Crippen LogP contribution is 2.25. The van der Waals surface area contributed by atoms with Crippen LogP contribution in [0.3, 0.4) is 0 Å². The maximum absolute atomic E-state index is 13.3. The van der Waals surface area contributed by atoms with Gasteiger partial charge >= 0.3 is 0 Å². The fourth-order valence-corrected chi connectivity index (χ4v) is 5.24. The van der Waals surface area contributed by atoms with Crippen molar-refractivity contribution in [3.8, 4) is 0 Å². The van der Waals surface area contributed by atoms with Gasteiger partial charge in [0.15, 0.2) is 0 Å². The van der Waals surface area contributed by atoms with E-state index < -0.39 is 10.0 Å². The lowest BCUT2D eigenvalue weighted by Crippen LogP contribution is -2.41. The SMILES string of the molecule is Cc1ccc(S(=O)(=O)N(CC(=O)NCCCOC2CCCC2)c2ccc(Br)cc2)cc1. The maximum Gasteiger partial charge on any atom is 0.264 e. The number of aryl methyl sites for hydroxylation is 1. The van der Waals surface area contributed by atoms with E-state index in [0.717, 1.165) is 27.2 Å². The summed E-state index contributed by atoms with van der Waals surface area (Å²) in [5.74, 6) is -0.348. The van der Waals surface area contributed by atoms with E-state index in [1.165, 1.54) is 12.8 Å². The average molecular weight is 509 g/mol. The molecule has 0 aliphatic heterocycles. The van der Waals surface area contributed by atoms with E-state index >= 15 is 0 Å². The van der Waals surface area contributed by atoms with Gasteiger partial charge < -0.3 is 10.1 Å². The van der Waals surface area contributed by atoms with Gasteiger partial charge in [0.25, 0.3) is 10.0 Å². The number of hydrogen-bond acceptors (Lipinski definition) is 4. The fraction of sp³-hybridized carbons (Fsp3) is 0.435. The molecule has 3 rings (SSSR count). The van der Waals surface area contributed by atoms with E-state index in [1.54, 1.807) is 48.5 Å². The van der Waals surface area contributed by atoms with Crippen LogP contribution in [-0.4, -0.2) is 40.1 Å². The van der Waals surface area contributed by atoms with Crippen LogP contribution in [0.15, 0.2) is 57.9 Å². The van der Waals surface area contributed by atoms with E-state index in [4.69, 9.17) is 4.74 Å². The summed E-state index contributed by atoms with van der Waals surface area (Å²) in [6.45, 7) is 2.65. The van der Waals surface area contributed by atoms with Crippen LogP contribution in [0, 0.1) is 6.92 Å². The second kappa shape index (κ2) is 11.1. The predicted molar refractivity (Wildman–Crippen MR) is 126 cm³/mol. The highest BCUT2D eigenvalue weighted by Gasteiger charge is 2.27. The zero-order chi connectivity index (χ0) is 22.3. The van der Waals surface area contributed by atoms with Crippen LogP contribution in [0.1, 0.15) is 37.7 Å². The minimum Gasteiger partial charge on any atom is -0.378 e. The van der Waals surface area contributed by atoms with Crippen molar-refractivity contribution in [3.05, 3.63) is 58.6 Å². The minimum atomic E-state index is -3.89. The van der Waals surface area contributed by atoms with Gasteiger partial charge in [0.2, 0.25) is 5.91 Å². The van der Waals surface area contributed by atoms with Crippen LogP contribution in [0.4, 0.5) is 5.69 Å². The first-order valence-corrected chi connectivity index (χ1v) is 12.8. The molecule has 0 radical (unpaired) electrons. The zero-order valence-electron chi connectivity index (χ0n) is 17.7. The van der Waals surface area contributed by atoms with Gasteiger partial charge in [-0.05, 0) is 62.6 Å². The Morgan fingerprint density at radius 3 is 2.39 bits per heavy atom. The Morgan fingerprint density at radius 2 is 1.74 bits per heavy atom. The first kappa shape index (κ1) is 23.8. The number of amides is 1. The number of sulfonamides is 1. The molecule has 1 aliphatic rings. The van der Waals surface area contributed by atoms with Crippen molar-refractivity contribution in [2.75, 3.05) is 24.0 Å². The van der Waals surface area contributed by atoms with Crippen molar-refractivity contribution in [1.29, 1.82) is 0 Å². The third kappa shape index (κ3) is 6.79. The van der Waals surface area contributed by atoms with Crippen LogP contribution >= 0.6 is 15.9 Å². The van der Waals surface area contributed by atoms with E-state index in [-0.39, 0.29) is 17.3 Å². The smallest absolute Gasteiger partial charge is 0.264 e. The van der Waals surface area contributed by atoms with Crippen LogP contribution in [0.2, 0.25) is 0 Å². The van der Waals surface area contributed by atoms with Gasteiger partial charge in [0.05, 0.1) is 16.7 Å². The van der Waals surface area contributed by atoms with E-state index in [0.29, 0.717) is 31.4 Å². The lowest BCUT2D eigenvalue weighted by atomic mass is 10.2. The van der Waals surface area contributed by atoms with Crippen molar-refractivity contribution >= 4 is 37.5 Å². The Morgan fingerprint density at radius 1 is 1.10 bits per heavy atom. The van der Waals surface area contributed by atoms with Gasteiger partial charge in [-0.2, -0.15) is 0 Å². The molecule has 6 nitrogen and oxygen atoms in total. The highest BCUT2D eigenvalue weighted by atomic mass is 79.9. The molecule has 31 heavy (non-hydrogen) atoms. The Kier molecular flexibility index (Phi) is 8.51. The monoisotopic (exact) mass is 508 g/mol. The molecule has 1 aliphatic carbocycles. The topological polar surface area (TPSA) is 75.7 Å². The highest BCUT2D eigenvalue weighted by molar-refractivity contribution is 9.10. The number of halogens is 1. The summed E-state index contributed by atoms with van der Waals surface area (Å²) < 4.78 is 34.4. The fourth-order valence-electron chi connectivity index (χ4n) is 3.55. The summed E-state index contributed by atoms with van der Waals surface area (Å²) in [5.41, 5.74) is 1.40. The number of nitrogens with one attached hydrogen (secondary N) is 1. The van der Waals surface area contributed by atoms with Crippen LogP contribution < -0.4 is 9.62 Å². The van der Waals surface area contributed by atoms with Crippen LogP contribution in [-0.2, 0) is 19.6 Å². The van der Waals surface area contributed by atoms with Gasteiger partial charge in [-0.25, -0.2) is 8.42 Å². The molecule has 2 aromatic rings. The maximum atomic E-state index is 13.3. The van der Waals surface area contributed by atoms with E-state index in [2.05, 4.69) is 21.2 Å². The molecule has 0 bridgehead atoms. The first-order valence-electron chi connectivity index (χ1n) is 10.6. The van der Waals surface area contributed by atoms with Gasteiger partial charge in [0, 0.05) is 17.6 Å². The van der Waals surface area contributed by atoms with Crippen LogP contribution in [0.25, 0.3) is 0 Å². The first-order chi connectivity index (χ1) is 14.9. The molecule has 0 saturated heterocycles. The van der Waals surface area contributed by atoms with Gasteiger partial charge in [-0.15, -0.1) is 0 Å². The van der Waals surface area contributed by atoms with Gasteiger partial charge in [0.1, 0.15) is 6.54 Å². The molecule has 1 saturated carbocycles. The summed E-state index contributed by atoms with van der Waals surface area (Å²) in [4.78, 5) is 12.7. The van der Waals surface area contributed by atoms with E-state index in [9.17, 15) is 13.2 Å². The van der Waals surface area contributed by atoms with Crippen molar-refractivity contribution in [3.63, 3.8) is 0 Å². The Hall–Kier alpha value is -1.90. The molecule has 0 aromatic heterocycles. The van der Waals surface area contributed by atoms with E-state index in [1.807, 2.05) is 6.92 Å². The number of hydrogen-bond donors (Lipinski definition) is 1. The summed E-state index contributed by atoms with van der Waals surface area (Å²) in [6, 6.07) is 13.5. The molecule has 1 N–H and O–H groups in total. The second-order valence-corrected chi connectivity index (χ2v) is 10.6. The number of carbonyl (C=O) groups excluding carboxylic acids is 1. The molecule has 1 amide bonds. The Bertz CT molecular complexity index is 956. The summed E-state index contributed by atoms with van der Waals surface area (Å²) in [6.07, 6.45) is 5.73.